The Morgan fingerprint density at radius 1 is 1.06 bits per heavy atom. The van der Waals surface area contributed by atoms with Crippen LogP contribution in [0, 0.1) is 5.92 Å². The number of carbonyl (C=O) groups excluding carboxylic acids is 2. The molecule has 0 radical (unpaired) electrons. The van der Waals surface area contributed by atoms with E-state index in [9.17, 15) is 9.59 Å². The van der Waals surface area contributed by atoms with Crippen LogP contribution in [0.15, 0.2) is 65.2 Å². The van der Waals surface area contributed by atoms with Gasteiger partial charge in [-0.2, -0.15) is 0 Å². The number of hydrogen-bond donors (Lipinski definition) is 1. The summed E-state index contributed by atoms with van der Waals surface area (Å²) in [6, 6.07) is 16.1. The number of rotatable bonds is 7. The fourth-order valence-corrected chi connectivity index (χ4v) is 3.62. The number of nitrogens with one attached hydrogen (secondary N) is 1. The van der Waals surface area contributed by atoms with Crippen molar-refractivity contribution in [3.63, 3.8) is 0 Å². The lowest BCUT2D eigenvalue weighted by atomic mass is 9.95. The van der Waals surface area contributed by atoms with Gasteiger partial charge in [0.25, 0.3) is 5.91 Å². The van der Waals surface area contributed by atoms with E-state index >= 15 is 0 Å². The van der Waals surface area contributed by atoms with Crippen molar-refractivity contribution < 1.29 is 23.5 Å². The maximum atomic E-state index is 12.8. The number of aromatic nitrogens is 1. The molecular weight excluding hydrogens is 410 g/mol. The summed E-state index contributed by atoms with van der Waals surface area (Å²) in [4.78, 5) is 31.1. The van der Waals surface area contributed by atoms with Gasteiger partial charge in [-0.1, -0.05) is 18.2 Å². The fourth-order valence-electron chi connectivity index (χ4n) is 3.62. The first kappa shape index (κ1) is 21.4. The first-order valence-electron chi connectivity index (χ1n) is 10.5. The second-order valence-corrected chi connectivity index (χ2v) is 7.48. The predicted molar refractivity (Wildman–Crippen MR) is 118 cm³/mol. The highest BCUT2D eigenvalue weighted by Crippen LogP contribution is 2.27. The summed E-state index contributed by atoms with van der Waals surface area (Å²) in [5.41, 5.74) is 0. The van der Waals surface area contributed by atoms with Crippen LogP contribution in [0.4, 0.5) is 5.82 Å². The van der Waals surface area contributed by atoms with Gasteiger partial charge in [0.05, 0.1) is 7.11 Å². The van der Waals surface area contributed by atoms with Crippen LogP contribution >= 0.6 is 0 Å². The minimum absolute atomic E-state index is 0.0652. The summed E-state index contributed by atoms with van der Waals surface area (Å²) in [7, 11) is 1.58. The zero-order chi connectivity index (χ0) is 22.3. The number of amides is 2. The number of benzene rings is 1. The Balaban J connectivity index is 1.28. The summed E-state index contributed by atoms with van der Waals surface area (Å²) in [6.07, 6.45) is 2.82. The monoisotopic (exact) mass is 435 g/mol. The molecular formula is C24H25N3O5. The molecule has 0 atom stereocenters. The number of furan rings is 1. The van der Waals surface area contributed by atoms with Crippen LogP contribution in [0.3, 0.4) is 0 Å². The molecule has 1 aliphatic heterocycles. The number of likely N-dealkylation sites (tertiary alicyclic amines) is 1. The number of methoxy groups -OCH3 is 1. The van der Waals surface area contributed by atoms with Crippen LogP contribution in [0.2, 0.25) is 0 Å². The minimum atomic E-state index is -0.183. The highest BCUT2D eigenvalue weighted by Gasteiger charge is 2.29. The molecule has 2 aromatic heterocycles. The first-order valence-corrected chi connectivity index (χ1v) is 10.5. The lowest BCUT2D eigenvalue weighted by Gasteiger charge is -2.30. The average Bonchev–Trinajstić information content (AvgIpc) is 3.32. The van der Waals surface area contributed by atoms with E-state index in [1.165, 1.54) is 0 Å². The number of para-hydroxylation sites is 2. The molecule has 1 aliphatic rings. The van der Waals surface area contributed by atoms with Crippen LogP contribution < -0.4 is 14.8 Å². The van der Waals surface area contributed by atoms with Crippen LogP contribution in [-0.2, 0) is 11.4 Å². The Labute approximate surface area is 186 Å². The molecule has 8 heteroatoms. The molecule has 0 bridgehead atoms. The lowest BCUT2D eigenvalue weighted by molar-refractivity contribution is -0.121. The van der Waals surface area contributed by atoms with E-state index in [1.54, 1.807) is 42.5 Å². The van der Waals surface area contributed by atoms with Crippen molar-refractivity contribution in [2.45, 2.75) is 19.4 Å². The number of carbonyl (C=O) groups is 2. The first-order chi connectivity index (χ1) is 15.6. The molecule has 1 aromatic carbocycles. The Bertz CT molecular complexity index is 1060. The number of nitrogens with zero attached hydrogens (tertiary/aromatic N) is 2. The zero-order valence-corrected chi connectivity index (χ0v) is 17.8. The molecule has 0 aliphatic carbocycles. The number of anilines is 1. The third-order valence-electron chi connectivity index (χ3n) is 5.38. The maximum Gasteiger partial charge on any atom is 0.289 e. The topological polar surface area (TPSA) is 93.9 Å². The summed E-state index contributed by atoms with van der Waals surface area (Å²) in [5.74, 6) is 2.18. The lowest BCUT2D eigenvalue weighted by Crippen LogP contribution is -2.41. The van der Waals surface area contributed by atoms with Gasteiger partial charge in [0, 0.05) is 25.2 Å². The van der Waals surface area contributed by atoms with Gasteiger partial charge in [0.1, 0.15) is 18.2 Å². The van der Waals surface area contributed by atoms with Gasteiger partial charge >= 0.3 is 0 Å². The normalized spacial score (nSPS) is 14.1. The molecule has 3 heterocycles. The van der Waals surface area contributed by atoms with Gasteiger partial charge in [-0.15, -0.1) is 0 Å². The molecule has 166 valence electrons. The average molecular weight is 435 g/mol. The van der Waals surface area contributed by atoms with Crippen molar-refractivity contribution >= 4 is 17.6 Å². The van der Waals surface area contributed by atoms with Crippen molar-refractivity contribution in [3.05, 3.63) is 72.3 Å². The van der Waals surface area contributed by atoms with Gasteiger partial charge in [-0.25, -0.2) is 4.98 Å². The second-order valence-electron chi connectivity index (χ2n) is 7.48. The summed E-state index contributed by atoms with van der Waals surface area (Å²) in [6.45, 7) is 1.17. The molecule has 8 nitrogen and oxygen atoms in total. The van der Waals surface area contributed by atoms with Crippen LogP contribution in [0.5, 0.6) is 11.5 Å². The van der Waals surface area contributed by atoms with E-state index in [0.29, 0.717) is 49.0 Å². The Morgan fingerprint density at radius 3 is 2.53 bits per heavy atom. The van der Waals surface area contributed by atoms with Crippen molar-refractivity contribution in [1.29, 1.82) is 0 Å². The predicted octanol–water partition coefficient (Wildman–Crippen LogP) is 3.75. The molecule has 3 aromatic rings. The quantitative estimate of drug-likeness (QED) is 0.607. The second kappa shape index (κ2) is 10.00. The molecule has 1 saturated heterocycles. The Morgan fingerprint density at radius 2 is 1.81 bits per heavy atom. The zero-order valence-electron chi connectivity index (χ0n) is 17.8. The third kappa shape index (κ3) is 5.08. The van der Waals surface area contributed by atoms with Crippen LogP contribution in [0.1, 0.15) is 29.2 Å². The van der Waals surface area contributed by atoms with Gasteiger partial charge in [-0.3, -0.25) is 9.59 Å². The van der Waals surface area contributed by atoms with Crippen LogP contribution in [-0.4, -0.2) is 41.9 Å². The van der Waals surface area contributed by atoms with E-state index in [1.807, 2.05) is 30.3 Å². The van der Waals surface area contributed by atoms with Crippen molar-refractivity contribution in [1.82, 2.24) is 9.88 Å². The summed E-state index contributed by atoms with van der Waals surface area (Å²) < 4.78 is 16.7. The van der Waals surface area contributed by atoms with E-state index in [4.69, 9.17) is 13.9 Å². The van der Waals surface area contributed by atoms with Gasteiger partial charge in [0.2, 0.25) is 5.91 Å². The maximum absolute atomic E-state index is 12.8. The highest BCUT2D eigenvalue weighted by molar-refractivity contribution is 5.93. The minimum Gasteiger partial charge on any atom is -0.493 e. The largest absolute Gasteiger partial charge is 0.493 e. The molecule has 2 amide bonds. The van der Waals surface area contributed by atoms with Gasteiger partial charge in [-0.05, 0) is 49.2 Å². The number of piperidine rings is 1. The number of hydrogen-bond acceptors (Lipinski definition) is 6. The number of pyridine rings is 1. The summed E-state index contributed by atoms with van der Waals surface area (Å²) in [5, 5.41) is 2.83. The van der Waals surface area contributed by atoms with Crippen molar-refractivity contribution in [3.8, 4) is 11.5 Å². The molecule has 4 rings (SSSR count). The fraction of sp³-hybridized carbons (Fsp3) is 0.292. The van der Waals surface area contributed by atoms with Crippen molar-refractivity contribution in [2.75, 3.05) is 25.5 Å². The molecule has 32 heavy (non-hydrogen) atoms. The Hall–Kier alpha value is -3.81. The van der Waals surface area contributed by atoms with E-state index in [0.717, 1.165) is 0 Å². The molecule has 1 fully saturated rings. The van der Waals surface area contributed by atoms with Gasteiger partial charge < -0.3 is 24.1 Å². The van der Waals surface area contributed by atoms with E-state index in [2.05, 4.69) is 10.3 Å². The third-order valence-corrected chi connectivity index (χ3v) is 5.38. The standard InChI is InChI=1S/C24H25N3O5/c1-30-19-6-2-3-7-20(19)31-16-18-9-10-21(32-18)24(29)27-14-11-17(12-15-27)23(28)26-22-8-4-5-13-25-22/h2-10,13,17H,11-12,14-16H2,1H3,(H,25,26,28). The van der Waals surface area contributed by atoms with Crippen LogP contribution in [0.25, 0.3) is 0 Å². The molecule has 0 saturated carbocycles. The summed E-state index contributed by atoms with van der Waals surface area (Å²) >= 11 is 0. The smallest absolute Gasteiger partial charge is 0.289 e. The van der Waals surface area contributed by atoms with E-state index in [-0.39, 0.29) is 30.1 Å². The van der Waals surface area contributed by atoms with E-state index < -0.39 is 0 Å². The SMILES string of the molecule is COc1ccccc1OCc1ccc(C(=O)N2CCC(C(=O)Nc3ccccn3)CC2)o1. The molecule has 0 spiro atoms. The molecule has 1 N–H and O–H groups in total. The highest BCUT2D eigenvalue weighted by atomic mass is 16.5. The van der Waals surface area contributed by atoms with Crippen molar-refractivity contribution in [2.24, 2.45) is 5.92 Å². The molecule has 0 unspecified atom stereocenters. The Kier molecular flexibility index (Phi) is 6.69. The number of ether oxygens (including phenoxy) is 2. The van der Waals surface area contributed by atoms with Gasteiger partial charge in [0.15, 0.2) is 17.3 Å².